The molecule has 3 fully saturated rings. The van der Waals surface area contributed by atoms with Gasteiger partial charge in [0.1, 0.15) is 0 Å². The quantitative estimate of drug-likeness (QED) is 0.744. The Morgan fingerprint density at radius 1 is 1.04 bits per heavy atom. The molecular formula is C19H23BrN2O. The molecule has 3 saturated carbocycles. The molecule has 0 unspecified atom stereocenters. The van der Waals surface area contributed by atoms with Crippen LogP contribution in [0.15, 0.2) is 33.8 Å². The molecule has 1 amide bonds. The number of rotatable bonds is 2. The number of hydrogen-bond donors (Lipinski definition) is 1. The van der Waals surface area contributed by atoms with Gasteiger partial charge in [-0.05, 0) is 71.5 Å². The normalized spacial score (nSPS) is 34.2. The number of halogens is 1. The number of nitrogens with zero attached hydrogens (tertiary/aromatic N) is 1. The van der Waals surface area contributed by atoms with Gasteiger partial charge < -0.3 is 0 Å². The Morgan fingerprint density at radius 2 is 1.78 bits per heavy atom. The molecule has 4 rings (SSSR count). The summed E-state index contributed by atoms with van der Waals surface area (Å²) in [5.41, 5.74) is 4.69. The zero-order valence-corrected chi connectivity index (χ0v) is 14.9. The average Bonchev–Trinajstić information content (AvgIpc) is 2.78. The van der Waals surface area contributed by atoms with Gasteiger partial charge in [0.05, 0.1) is 5.56 Å². The van der Waals surface area contributed by atoms with Crippen molar-refractivity contribution < 1.29 is 4.79 Å². The number of nitrogens with one attached hydrogen (secondary N) is 1. The topological polar surface area (TPSA) is 41.5 Å². The van der Waals surface area contributed by atoms with Crippen molar-refractivity contribution in [3.05, 3.63) is 34.3 Å². The van der Waals surface area contributed by atoms with Gasteiger partial charge in [0.2, 0.25) is 0 Å². The van der Waals surface area contributed by atoms with Crippen LogP contribution in [-0.2, 0) is 0 Å². The number of hydrogen-bond acceptors (Lipinski definition) is 2. The van der Waals surface area contributed by atoms with Crippen LogP contribution in [0, 0.1) is 23.7 Å². The molecule has 0 aliphatic heterocycles. The molecule has 1 N–H and O–H groups in total. The number of hydrazone groups is 1. The Balaban J connectivity index is 1.45. The third-order valence-corrected chi connectivity index (χ3v) is 6.83. The van der Waals surface area contributed by atoms with E-state index >= 15 is 0 Å². The van der Waals surface area contributed by atoms with Crippen molar-refractivity contribution in [3.8, 4) is 0 Å². The fourth-order valence-corrected chi connectivity index (χ4v) is 5.57. The first-order valence-electron chi connectivity index (χ1n) is 8.87. The van der Waals surface area contributed by atoms with E-state index in [9.17, 15) is 4.79 Å². The van der Waals surface area contributed by atoms with Crippen molar-refractivity contribution >= 4 is 27.5 Å². The molecule has 0 heterocycles. The summed E-state index contributed by atoms with van der Waals surface area (Å²) in [6, 6.07) is 7.49. The summed E-state index contributed by atoms with van der Waals surface area (Å²) in [4.78, 5) is 12.3. The minimum atomic E-state index is -0.120. The molecule has 3 nitrogen and oxygen atoms in total. The molecule has 3 aliphatic rings. The standard InChI is InChI=1S/C19H23BrN2O/c20-16-9-5-4-8-15(16)19(23)22-21-17-11-10-14-12-6-2-1-3-7-13(12)18(14)17/h4-5,8-9,12-14,18H,1-3,6-7,10-11H2,(H,22,23)/b21-17+/t12-,13+,14-,18-/m1/s1. The lowest BCUT2D eigenvalue weighted by Crippen LogP contribution is -2.46. The van der Waals surface area contributed by atoms with E-state index in [1.54, 1.807) is 0 Å². The first kappa shape index (κ1) is 15.4. The van der Waals surface area contributed by atoms with E-state index in [1.807, 2.05) is 24.3 Å². The summed E-state index contributed by atoms with van der Waals surface area (Å²) >= 11 is 3.43. The van der Waals surface area contributed by atoms with E-state index in [0.29, 0.717) is 11.5 Å². The average molecular weight is 375 g/mol. The highest BCUT2D eigenvalue weighted by Gasteiger charge is 2.54. The van der Waals surface area contributed by atoms with Crippen molar-refractivity contribution in [1.29, 1.82) is 0 Å². The summed E-state index contributed by atoms with van der Waals surface area (Å²) in [6.07, 6.45) is 9.31. The van der Waals surface area contributed by atoms with Gasteiger partial charge in [0.25, 0.3) is 5.91 Å². The highest BCUT2D eigenvalue weighted by Crippen LogP contribution is 2.58. The monoisotopic (exact) mass is 374 g/mol. The first-order valence-corrected chi connectivity index (χ1v) is 9.66. The lowest BCUT2D eigenvalue weighted by molar-refractivity contribution is 0.0280. The fourth-order valence-electron chi connectivity index (χ4n) is 5.11. The molecule has 4 heteroatoms. The number of amides is 1. The predicted octanol–water partition coefficient (Wildman–Crippen LogP) is 4.77. The smallest absolute Gasteiger partial charge is 0.267 e. The number of benzene rings is 1. The molecule has 0 saturated heterocycles. The second-order valence-corrected chi connectivity index (χ2v) is 8.07. The maximum Gasteiger partial charge on any atom is 0.272 e. The van der Waals surface area contributed by atoms with Crippen LogP contribution >= 0.6 is 15.9 Å². The molecule has 1 aromatic carbocycles. The molecule has 122 valence electrons. The van der Waals surface area contributed by atoms with E-state index in [0.717, 1.165) is 28.6 Å². The Kier molecular flexibility index (Phi) is 4.27. The van der Waals surface area contributed by atoms with Gasteiger partial charge in [0.15, 0.2) is 0 Å². The zero-order valence-electron chi connectivity index (χ0n) is 13.3. The highest BCUT2D eigenvalue weighted by molar-refractivity contribution is 9.10. The summed E-state index contributed by atoms with van der Waals surface area (Å²) < 4.78 is 0.814. The minimum absolute atomic E-state index is 0.120. The zero-order chi connectivity index (χ0) is 15.8. The van der Waals surface area contributed by atoms with E-state index in [1.165, 1.54) is 44.2 Å². The van der Waals surface area contributed by atoms with Crippen LogP contribution in [0.5, 0.6) is 0 Å². The van der Waals surface area contributed by atoms with Gasteiger partial charge in [-0.2, -0.15) is 5.10 Å². The van der Waals surface area contributed by atoms with Crippen molar-refractivity contribution in [2.24, 2.45) is 28.8 Å². The van der Waals surface area contributed by atoms with Crippen LogP contribution in [0.1, 0.15) is 55.3 Å². The van der Waals surface area contributed by atoms with Crippen LogP contribution in [0.3, 0.4) is 0 Å². The molecule has 3 aliphatic carbocycles. The highest BCUT2D eigenvalue weighted by atomic mass is 79.9. The summed E-state index contributed by atoms with van der Waals surface area (Å²) in [5, 5.41) is 4.54. The van der Waals surface area contributed by atoms with Crippen LogP contribution in [0.2, 0.25) is 0 Å². The van der Waals surface area contributed by atoms with E-state index < -0.39 is 0 Å². The minimum Gasteiger partial charge on any atom is -0.267 e. The molecule has 23 heavy (non-hydrogen) atoms. The van der Waals surface area contributed by atoms with Crippen molar-refractivity contribution in [2.45, 2.75) is 44.9 Å². The Hall–Kier alpha value is -1.16. The van der Waals surface area contributed by atoms with Crippen LogP contribution in [0.4, 0.5) is 0 Å². The Morgan fingerprint density at radius 3 is 2.61 bits per heavy atom. The molecule has 0 radical (unpaired) electrons. The van der Waals surface area contributed by atoms with Gasteiger partial charge in [0, 0.05) is 16.1 Å². The lowest BCUT2D eigenvalue weighted by Gasteiger charge is -2.48. The van der Waals surface area contributed by atoms with Gasteiger partial charge >= 0.3 is 0 Å². The van der Waals surface area contributed by atoms with Gasteiger partial charge in [-0.25, -0.2) is 5.43 Å². The molecule has 4 atom stereocenters. The van der Waals surface area contributed by atoms with E-state index in [2.05, 4.69) is 26.5 Å². The largest absolute Gasteiger partial charge is 0.272 e. The maximum atomic E-state index is 12.3. The van der Waals surface area contributed by atoms with E-state index in [4.69, 9.17) is 0 Å². The predicted molar refractivity (Wildman–Crippen MR) is 95.3 cm³/mol. The van der Waals surface area contributed by atoms with Crippen LogP contribution in [-0.4, -0.2) is 11.6 Å². The van der Waals surface area contributed by atoms with Gasteiger partial charge in [-0.1, -0.05) is 31.4 Å². The SMILES string of the molecule is O=C(N/N=C1\CC[C@@H]2[C@@H]3CCCCC[C@@H]3[C@@H]12)c1ccccc1Br. The summed E-state index contributed by atoms with van der Waals surface area (Å²) in [6.45, 7) is 0. The number of fused-ring (bicyclic) bond motifs is 4. The molecule has 0 spiro atoms. The Bertz CT molecular complexity index is 642. The maximum absolute atomic E-state index is 12.3. The summed E-state index contributed by atoms with van der Waals surface area (Å²) in [7, 11) is 0. The fraction of sp³-hybridized carbons (Fsp3) is 0.579. The van der Waals surface area contributed by atoms with E-state index in [-0.39, 0.29) is 5.91 Å². The van der Waals surface area contributed by atoms with Gasteiger partial charge in [-0.3, -0.25) is 4.79 Å². The number of carbonyl (C=O) groups is 1. The molecule has 1 aromatic rings. The second kappa shape index (κ2) is 6.39. The number of carbonyl (C=O) groups excluding carboxylic acids is 1. The molecular weight excluding hydrogens is 352 g/mol. The van der Waals surface area contributed by atoms with Crippen LogP contribution in [0.25, 0.3) is 0 Å². The van der Waals surface area contributed by atoms with Crippen LogP contribution < -0.4 is 5.43 Å². The second-order valence-electron chi connectivity index (χ2n) is 7.22. The molecule has 0 bridgehead atoms. The van der Waals surface area contributed by atoms with Crippen molar-refractivity contribution in [1.82, 2.24) is 5.43 Å². The third kappa shape index (κ3) is 2.75. The van der Waals surface area contributed by atoms with Gasteiger partial charge in [-0.15, -0.1) is 0 Å². The first-order chi connectivity index (χ1) is 11.3. The lowest BCUT2D eigenvalue weighted by atomic mass is 9.56. The van der Waals surface area contributed by atoms with Crippen molar-refractivity contribution in [3.63, 3.8) is 0 Å². The third-order valence-electron chi connectivity index (χ3n) is 6.14. The van der Waals surface area contributed by atoms with Crippen molar-refractivity contribution in [2.75, 3.05) is 0 Å². The summed E-state index contributed by atoms with van der Waals surface area (Å²) in [5.74, 6) is 3.15. The molecule has 0 aromatic heterocycles. The Labute approximate surface area is 146 Å².